The molecule has 1 atom stereocenters. The minimum atomic E-state index is -0.783. The van der Waals surface area contributed by atoms with E-state index in [-0.39, 0.29) is 16.9 Å². The van der Waals surface area contributed by atoms with Gasteiger partial charge in [0.1, 0.15) is 5.41 Å². The summed E-state index contributed by atoms with van der Waals surface area (Å²) in [6.45, 7) is 2.95. The molecule has 1 aliphatic heterocycles. The fraction of sp³-hybridized carbons (Fsp3) is 0.500. The first-order valence-corrected chi connectivity index (χ1v) is 7.05. The Labute approximate surface area is 123 Å². The van der Waals surface area contributed by atoms with Crippen LogP contribution in [0.2, 0.25) is 0 Å². The van der Waals surface area contributed by atoms with Crippen molar-refractivity contribution in [1.29, 1.82) is 0 Å². The first-order chi connectivity index (χ1) is 9.56. The molecule has 1 saturated heterocycles. The zero-order valence-corrected chi connectivity index (χ0v) is 12.3. The zero-order chi connectivity index (χ0) is 14.6. The van der Waals surface area contributed by atoms with E-state index in [0.717, 1.165) is 5.56 Å². The first-order valence-electron chi connectivity index (χ1n) is 6.65. The Balaban J connectivity index is 2.11. The number of hydrogen-bond acceptors (Lipinski definition) is 4. The van der Waals surface area contributed by atoms with Crippen LogP contribution in [0.15, 0.2) is 24.5 Å². The van der Waals surface area contributed by atoms with Gasteiger partial charge in [0.15, 0.2) is 0 Å². The second kappa shape index (κ2) is 6.28. The van der Waals surface area contributed by atoms with Crippen LogP contribution in [0.1, 0.15) is 31.4 Å². The Morgan fingerprint density at radius 1 is 1.45 bits per heavy atom. The van der Waals surface area contributed by atoms with Gasteiger partial charge in [-0.25, -0.2) is 0 Å². The number of amides is 1. The molecule has 1 amide bonds. The predicted octanol–water partition coefficient (Wildman–Crippen LogP) is 1.34. The van der Waals surface area contributed by atoms with Crippen LogP contribution in [0.4, 0.5) is 0 Å². The molecule has 0 radical (unpaired) electrons. The number of ether oxygens (including phenoxy) is 1. The lowest BCUT2D eigenvalue weighted by atomic mass is 9.79. The SMILES string of the molecule is CC(NC(=O)C1(C(N)=S)CCOCC1)c1ccncc1. The Bertz CT molecular complexity index is 486. The van der Waals surface area contributed by atoms with E-state index in [4.69, 9.17) is 22.7 Å². The number of carbonyl (C=O) groups is 1. The standard InChI is InChI=1S/C14H19N3O2S/c1-10(11-2-6-16-7-3-11)17-13(18)14(12(15)20)4-8-19-9-5-14/h2-3,6-7,10H,4-5,8-9H2,1H3,(H2,15,20)(H,17,18). The van der Waals surface area contributed by atoms with Crippen LogP contribution >= 0.6 is 12.2 Å². The topological polar surface area (TPSA) is 77.2 Å². The molecule has 1 unspecified atom stereocenters. The maximum atomic E-state index is 12.6. The number of hydrogen-bond donors (Lipinski definition) is 2. The lowest BCUT2D eigenvalue weighted by Gasteiger charge is -2.35. The summed E-state index contributed by atoms with van der Waals surface area (Å²) < 4.78 is 5.31. The van der Waals surface area contributed by atoms with Gasteiger partial charge in [0.05, 0.1) is 11.0 Å². The third kappa shape index (κ3) is 2.96. The van der Waals surface area contributed by atoms with E-state index in [2.05, 4.69) is 10.3 Å². The molecule has 0 aromatic carbocycles. The monoisotopic (exact) mass is 293 g/mol. The molecule has 0 bridgehead atoms. The number of thiocarbonyl (C=S) groups is 1. The largest absolute Gasteiger partial charge is 0.392 e. The predicted molar refractivity (Wildman–Crippen MR) is 80.1 cm³/mol. The molecule has 3 N–H and O–H groups in total. The number of aromatic nitrogens is 1. The third-order valence-electron chi connectivity index (χ3n) is 3.81. The van der Waals surface area contributed by atoms with Crippen LogP contribution < -0.4 is 11.1 Å². The van der Waals surface area contributed by atoms with Gasteiger partial charge in [-0.2, -0.15) is 0 Å². The van der Waals surface area contributed by atoms with Gasteiger partial charge in [-0.05, 0) is 37.5 Å². The lowest BCUT2D eigenvalue weighted by Crippen LogP contribution is -2.52. The summed E-state index contributed by atoms with van der Waals surface area (Å²) in [6, 6.07) is 3.64. The molecule has 1 aromatic rings. The molecular weight excluding hydrogens is 274 g/mol. The van der Waals surface area contributed by atoms with Gasteiger partial charge < -0.3 is 15.8 Å². The summed E-state index contributed by atoms with van der Waals surface area (Å²) in [6.07, 6.45) is 4.49. The number of nitrogens with one attached hydrogen (secondary N) is 1. The van der Waals surface area contributed by atoms with Crippen molar-refractivity contribution in [2.45, 2.75) is 25.8 Å². The van der Waals surface area contributed by atoms with Crippen LogP contribution in [0.25, 0.3) is 0 Å². The second-order valence-electron chi connectivity index (χ2n) is 5.03. The van der Waals surface area contributed by atoms with Crippen LogP contribution in [0, 0.1) is 5.41 Å². The van der Waals surface area contributed by atoms with E-state index < -0.39 is 5.41 Å². The molecule has 2 heterocycles. The van der Waals surface area contributed by atoms with Gasteiger partial charge >= 0.3 is 0 Å². The van der Waals surface area contributed by atoms with Crippen LogP contribution in [-0.4, -0.2) is 29.1 Å². The number of carbonyl (C=O) groups excluding carboxylic acids is 1. The molecular formula is C14H19N3O2S. The molecule has 6 heteroatoms. The van der Waals surface area contributed by atoms with Gasteiger partial charge in [0.25, 0.3) is 0 Å². The first kappa shape index (κ1) is 14.9. The van der Waals surface area contributed by atoms with Gasteiger partial charge in [-0.3, -0.25) is 9.78 Å². The van der Waals surface area contributed by atoms with Crippen molar-refractivity contribution in [1.82, 2.24) is 10.3 Å². The highest BCUT2D eigenvalue weighted by molar-refractivity contribution is 7.80. The minimum Gasteiger partial charge on any atom is -0.392 e. The molecule has 0 aliphatic carbocycles. The van der Waals surface area contributed by atoms with Crippen molar-refractivity contribution in [2.24, 2.45) is 11.1 Å². The summed E-state index contributed by atoms with van der Waals surface area (Å²) in [5, 5.41) is 3.00. The highest BCUT2D eigenvalue weighted by atomic mass is 32.1. The molecule has 0 spiro atoms. The summed E-state index contributed by atoms with van der Waals surface area (Å²) >= 11 is 5.12. The summed E-state index contributed by atoms with van der Waals surface area (Å²) in [5.41, 5.74) is 6.04. The average molecular weight is 293 g/mol. The quantitative estimate of drug-likeness (QED) is 0.819. The normalized spacial score (nSPS) is 19.1. The van der Waals surface area contributed by atoms with Crippen LogP contribution in [0.5, 0.6) is 0 Å². The summed E-state index contributed by atoms with van der Waals surface area (Å²) in [5.74, 6) is -0.113. The van der Waals surface area contributed by atoms with Crippen molar-refractivity contribution >= 4 is 23.1 Å². The summed E-state index contributed by atoms with van der Waals surface area (Å²) in [7, 11) is 0. The van der Waals surface area contributed by atoms with Crippen molar-refractivity contribution < 1.29 is 9.53 Å². The lowest BCUT2D eigenvalue weighted by molar-refractivity contribution is -0.132. The van der Waals surface area contributed by atoms with Gasteiger partial charge in [0.2, 0.25) is 5.91 Å². The maximum Gasteiger partial charge on any atom is 0.233 e. The molecule has 1 aromatic heterocycles. The molecule has 5 nitrogen and oxygen atoms in total. The maximum absolute atomic E-state index is 12.6. The van der Waals surface area contributed by atoms with Crippen molar-refractivity contribution in [2.75, 3.05) is 13.2 Å². The van der Waals surface area contributed by atoms with E-state index in [1.54, 1.807) is 12.4 Å². The van der Waals surface area contributed by atoms with Crippen molar-refractivity contribution in [3.05, 3.63) is 30.1 Å². The average Bonchev–Trinajstić information content (AvgIpc) is 2.48. The minimum absolute atomic E-state index is 0.112. The molecule has 1 aliphatic rings. The van der Waals surface area contributed by atoms with E-state index in [0.29, 0.717) is 26.1 Å². The van der Waals surface area contributed by atoms with E-state index in [1.165, 1.54) is 0 Å². The van der Waals surface area contributed by atoms with Crippen molar-refractivity contribution in [3.63, 3.8) is 0 Å². The third-order valence-corrected chi connectivity index (χ3v) is 4.20. The Morgan fingerprint density at radius 3 is 2.60 bits per heavy atom. The van der Waals surface area contributed by atoms with Gasteiger partial charge in [-0.1, -0.05) is 12.2 Å². The molecule has 2 rings (SSSR count). The molecule has 108 valence electrons. The highest BCUT2D eigenvalue weighted by Gasteiger charge is 2.43. The Hall–Kier alpha value is -1.53. The Kier molecular flexibility index (Phi) is 4.67. The second-order valence-corrected chi connectivity index (χ2v) is 5.47. The number of nitrogens with two attached hydrogens (primary N) is 1. The number of nitrogens with zero attached hydrogens (tertiary/aromatic N) is 1. The van der Waals surface area contributed by atoms with Crippen molar-refractivity contribution in [3.8, 4) is 0 Å². The fourth-order valence-corrected chi connectivity index (χ4v) is 2.67. The molecule has 20 heavy (non-hydrogen) atoms. The molecule has 1 fully saturated rings. The number of rotatable bonds is 4. The van der Waals surface area contributed by atoms with E-state index in [9.17, 15) is 4.79 Å². The van der Waals surface area contributed by atoms with Crippen LogP contribution in [-0.2, 0) is 9.53 Å². The highest BCUT2D eigenvalue weighted by Crippen LogP contribution is 2.32. The van der Waals surface area contributed by atoms with E-state index in [1.807, 2.05) is 19.1 Å². The van der Waals surface area contributed by atoms with E-state index >= 15 is 0 Å². The van der Waals surface area contributed by atoms with Gasteiger partial charge in [-0.15, -0.1) is 0 Å². The summed E-state index contributed by atoms with van der Waals surface area (Å²) in [4.78, 5) is 16.8. The molecule has 0 saturated carbocycles. The smallest absolute Gasteiger partial charge is 0.233 e. The van der Waals surface area contributed by atoms with Gasteiger partial charge in [0, 0.05) is 25.6 Å². The fourth-order valence-electron chi connectivity index (χ4n) is 2.38. The zero-order valence-electron chi connectivity index (χ0n) is 11.5. The Morgan fingerprint density at radius 2 is 2.05 bits per heavy atom. The van der Waals surface area contributed by atoms with Crippen LogP contribution in [0.3, 0.4) is 0 Å². The number of pyridine rings is 1.